The van der Waals surface area contributed by atoms with Gasteiger partial charge in [-0.2, -0.15) is 0 Å². The van der Waals surface area contributed by atoms with Crippen molar-refractivity contribution < 1.29 is 14.5 Å². The molecule has 0 aliphatic heterocycles. The number of primary amides is 1. The molecule has 0 heterocycles. The highest BCUT2D eigenvalue weighted by molar-refractivity contribution is 6.32. The van der Waals surface area contributed by atoms with E-state index in [1.165, 1.54) is 24.3 Å². The van der Waals surface area contributed by atoms with Crippen molar-refractivity contribution in [2.75, 3.05) is 0 Å². The van der Waals surface area contributed by atoms with Crippen LogP contribution in [-0.2, 0) is 0 Å². The van der Waals surface area contributed by atoms with Gasteiger partial charge in [0.1, 0.15) is 11.5 Å². The Kier molecular flexibility index (Phi) is 3.86. The van der Waals surface area contributed by atoms with E-state index < -0.39 is 10.8 Å². The summed E-state index contributed by atoms with van der Waals surface area (Å²) in [5, 5.41) is 10.7. The maximum atomic E-state index is 11.1. The molecule has 0 aromatic heterocycles. The second-order valence-corrected chi connectivity index (χ2v) is 4.27. The van der Waals surface area contributed by atoms with Gasteiger partial charge in [0.05, 0.1) is 9.95 Å². The number of carbonyl (C=O) groups is 1. The van der Waals surface area contributed by atoms with E-state index >= 15 is 0 Å². The van der Waals surface area contributed by atoms with Crippen molar-refractivity contribution in [2.24, 2.45) is 5.73 Å². The van der Waals surface area contributed by atoms with Gasteiger partial charge >= 0.3 is 0 Å². The molecule has 2 aromatic carbocycles. The molecular weight excluding hydrogens is 284 g/mol. The van der Waals surface area contributed by atoms with Gasteiger partial charge in [-0.15, -0.1) is 0 Å². The van der Waals surface area contributed by atoms with Gasteiger partial charge in [-0.1, -0.05) is 17.7 Å². The van der Waals surface area contributed by atoms with Crippen molar-refractivity contribution in [3.05, 3.63) is 63.2 Å². The number of nitrogens with zero attached hydrogens (tertiary/aromatic N) is 1. The topological polar surface area (TPSA) is 95.5 Å². The molecule has 0 saturated carbocycles. The van der Waals surface area contributed by atoms with Crippen LogP contribution in [0.1, 0.15) is 10.4 Å². The fourth-order valence-electron chi connectivity index (χ4n) is 1.53. The van der Waals surface area contributed by atoms with Crippen LogP contribution < -0.4 is 10.5 Å². The van der Waals surface area contributed by atoms with Crippen molar-refractivity contribution in [3.8, 4) is 11.5 Å². The van der Waals surface area contributed by atoms with Gasteiger partial charge < -0.3 is 10.5 Å². The first-order valence-electron chi connectivity index (χ1n) is 5.49. The van der Waals surface area contributed by atoms with E-state index in [0.717, 1.165) is 0 Å². The van der Waals surface area contributed by atoms with Crippen molar-refractivity contribution in [2.45, 2.75) is 0 Å². The van der Waals surface area contributed by atoms with Crippen LogP contribution in [0.2, 0.25) is 5.02 Å². The Morgan fingerprint density at radius 1 is 1.25 bits per heavy atom. The number of rotatable bonds is 4. The zero-order valence-electron chi connectivity index (χ0n) is 10.1. The summed E-state index contributed by atoms with van der Waals surface area (Å²) in [4.78, 5) is 21.1. The standard InChI is InChI=1S/C13H9ClN2O4/c14-11-7-9(16(18)19)4-5-12(11)20-10-3-1-2-8(6-10)13(15)17/h1-7H,(H2,15,17). The molecule has 0 atom stereocenters. The van der Waals surface area contributed by atoms with Crippen LogP contribution in [0, 0.1) is 10.1 Å². The van der Waals surface area contributed by atoms with Gasteiger partial charge in [0.2, 0.25) is 5.91 Å². The SMILES string of the molecule is NC(=O)c1cccc(Oc2ccc([N+](=O)[O-])cc2Cl)c1. The van der Waals surface area contributed by atoms with Crippen LogP contribution in [0.25, 0.3) is 0 Å². The highest BCUT2D eigenvalue weighted by Crippen LogP contribution is 2.32. The molecule has 0 unspecified atom stereocenters. The van der Waals surface area contributed by atoms with E-state index in [4.69, 9.17) is 22.1 Å². The fourth-order valence-corrected chi connectivity index (χ4v) is 1.74. The minimum atomic E-state index is -0.578. The van der Waals surface area contributed by atoms with Crippen molar-refractivity contribution in [1.29, 1.82) is 0 Å². The lowest BCUT2D eigenvalue weighted by Gasteiger charge is -2.08. The first kappa shape index (κ1) is 13.8. The Hall–Kier alpha value is -2.60. The van der Waals surface area contributed by atoms with E-state index in [1.807, 2.05) is 0 Å². The minimum absolute atomic E-state index is 0.101. The number of nitro groups is 1. The molecule has 102 valence electrons. The predicted molar refractivity (Wildman–Crippen MR) is 73.1 cm³/mol. The number of hydrogen-bond acceptors (Lipinski definition) is 4. The summed E-state index contributed by atoms with van der Waals surface area (Å²) in [7, 11) is 0. The molecule has 0 bridgehead atoms. The number of benzene rings is 2. The molecule has 0 aliphatic rings. The largest absolute Gasteiger partial charge is 0.456 e. The first-order valence-corrected chi connectivity index (χ1v) is 5.87. The molecule has 0 fully saturated rings. The van der Waals surface area contributed by atoms with Gasteiger partial charge in [0.25, 0.3) is 5.69 Å². The summed E-state index contributed by atoms with van der Waals surface area (Å²) in [6, 6.07) is 10.1. The minimum Gasteiger partial charge on any atom is -0.456 e. The van der Waals surface area contributed by atoms with E-state index in [-0.39, 0.29) is 16.5 Å². The molecule has 7 heteroatoms. The number of ether oxygens (including phenoxy) is 1. The molecular formula is C13H9ClN2O4. The monoisotopic (exact) mass is 292 g/mol. The number of carbonyl (C=O) groups excluding carboxylic acids is 1. The lowest BCUT2D eigenvalue weighted by molar-refractivity contribution is -0.384. The summed E-state index contributed by atoms with van der Waals surface area (Å²) in [5.74, 6) is 0.0289. The Balaban J connectivity index is 2.28. The van der Waals surface area contributed by atoms with Gasteiger partial charge in [-0.3, -0.25) is 14.9 Å². The second kappa shape index (κ2) is 5.58. The van der Waals surface area contributed by atoms with E-state index in [0.29, 0.717) is 11.3 Å². The molecule has 2 N–H and O–H groups in total. The molecule has 0 saturated heterocycles. The quantitative estimate of drug-likeness (QED) is 0.691. The van der Waals surface area contributed by atoms with Crippen LogP contribution in [0.5, 0.6) is 11.5 Å². The van der Waals surface area contributed by atoms with Crippen LogP contribution >= 0.6 is 11.6 Å². The molecule has 0 aliphatic carbocycles. The van der Waals surface area contributed by atoms with Gasteiger partial charge in [0.15, 0.2) is 0 Å². The Morgan fingerprint density at radius 3 is 2.60 bits per heavy atom. The fraction of sp³-hybridized carbons (Fsp3) is 0. The molecule has 6 nitrogen and oxygen atoms in total. The van der Waals surface area contributed by atoms with Gasteiger partial charge in [-0.25, -0.2) is 0 Å². The summed E-state index contributed by atoms with van der Waals surface area (Å²) in [6.45, 7) is 0. The lowest BCUT2D eigenvalue weighted by atomic mass is 10.2. The number of nitrogens with two attached hydrogens (primary N) is 1. The molecule has 0 radical (unpaired) electrons. The predicted octanol–water partition coefficient (Wildman–Crippen LogP) is 3.14. The van der Waals surface area contributed by atoms with Gasteiger partial charge in [0, 0.05) is 17.7 Å². The van der Waals surface area contributed by atoms with Gasteiger partial charge in [-0.05, 0) is 24.3 Å². The molecule has 20 heavy (non-hydrogen) atoms. The van der Waals surface area contributed by atoms with Crippen molar-refractivity contribution >= 4 is 23.2 Å². The third-order valence-electron chi connectivity index (χ3n) is 2.47. The molecule has 2 rings (SSSR count). The van der Waals surface area contributed by atoms with E-state index in [2.05, 4.69) is 0 Å². The Bertz CT molecular complexity index is 688. The Labute approximate surface area is 118 Å². The summed E-state index contributed by atoms with van der Waals surface area (Å²) in [6.07, 6.45) is 0. The number of hydrogen-bond donors (Lipinski definition) is 1. The zero-order valence-corrected chi connectivity index (χ0v) is 10.8. The van der Waals surface area contributed by atoms with Crippen LogP contribution in [-0.4, -0.2) is 10.8 Å². The lowest BCUT2D eigenvalue weighted by Crippen LogP contribution is -2.10. The van der Waals surface area contributed by atoms with E-state index in [9.17, 15) is 14.9 Å². The van der Waals surface area contributed by atoms with E-state index in [1.54, 1.807) is 18.2 Å². The normalized spacial score (nSPS) is 10.1. The molecule has 2 aromatic rings. The third kappa shape index (κ3) is 3.04. The number of non-ortho nitro benzene ring substituents is 1. The first-order chi connectivity index (χ1) is 9.47. The number of halogens is 1. The highest BCUT2D eigenvalue weighted by Gasteiger charge is 2.11. The summed E-state index contributed by atoms with van der Waals surface area (Å²) < 4.78 is 5.47. The molecule has 0 spiro atoms. The number of nitro benzene ring substituents is 1. The van der Waals surface area contributed by atoms with Crippen molar-refractivity contribution in [1.82, 2.24) is 0 Å². The van der Waals surface area contributed by atoms with Crippen molar-refractivity contribution in [3.63, 3.8) is 0 Å². The average molecular weight is 293 g/mol. The zero-order chi connectivity index (χ0) is 14.7. The maximum Gasteiger partial charge on any atom is 0.271 e. The second-order valence-electron chi connectivity index (χ2n) is 3.87. The summed E-state index contributed by atoms with van der Waals surface area (Å²) in [5.41, 5.74) is 5.32. The smallest absolute Gasteiger partial charge is 0.271 e. The number of amides is 1. The maximum absolute atomic E-state index is 11.1. The average Bonchev–Trinajstić information content (AvgIpc) is 2.41. The highest BCUT2D eigenvalue weighted by atomic mass is 35.5. The third-order valence-corrected chi connectivity index (χ3v) is 2.77. The molecule has 1 amide bonds. The summed E-state index contributed by atoms with van der Waals surface area (Å²) >= 11 is 5.90. The Morgan fingerprint density at radius 2 is 2.00 bits per heavy atom. The van der Waals surface area contributed by atoms with Crippen LogP contribution in [0.4, 0.5) is 5.69 Å². The van der Waals surface area contributed by atoms with Crippen LogP contribution in [0.3, 0.4) is 0 Å². The van der Waals surface area contributed by atoms with Crippen LogP contribution in [0.15, 0.2) is 42.5 Å².